The highest BCUT2D eigenvalue weighted by Gasteiger charge is 2.45. The molecule has 0 radical (unpaired) electrons. The molecule has 106 valence electrons. The number of anilines is 1. The van der Waals surface area contributed by atoms with E-state index in [0.29, 0.717) is 5.65 Å². The van der Waals surface area contributed by atoms with E-state index in [1.807, 2.05) is 30.7 Å². The Bertz CT molecular complexity index is 837. The minimum absolute atomic E-state index is 0.158. The second-order valence-electron chi connectivity index (χ2n) is 5.31. The molecule has 5 nitrogen and oxygen atoms in total. The number of hydrogen-bond donors (Lipinski definition) is 2. The number of nitrogen functional groups attached to an aromatic ring is 1. The fraction of sp³-hybridized carbons (Fsp3) is 0.200. The minimum atomic E-state index is -1.05. The van der Waals surface area contributed by atoms with Crippen LogP contribution in [0.4, 0.5) is 10.2 Å². The van der Waals surface area contributed by atoms with E-state index in [4.69, 9.17) is 5.73 Å². The second kappa shape index (κ2) is 4.18. The van der Waals surface area contributed by atoms with Crippen LogP contribution in [0.3, 0.4) is 0 Å². The van der Waals surface area contributed by atoms with Gasteiger partial charge in [-0.05, 0) is 30.2 Å². The Hall–Kier alpha value is -2.63. The van der Waals surface area contributed by atoms with Crippen LogP contribution < -0.4 is 5.73 Å². The number of carbonyl (C=O) groups excluding carboxylic acids is 1. The number of hydrogen-bond acceptors (Lipinski definition) is 3. The van der Waals surface area contributed by atoms with Crippen LogP contribution >= 0.6 is 0 Å². The third-order valence-corrected chi connectivity index (χ3v) is 3.86. The summed E-state index contributed by atoms with van der Waals surface area (Å²) in [5, 5.41) is 0. The van der Waals surface area contributed by atoms with Crippen molar-refractivity contribution in [1.82, 2.24) is 14.4 Å². The van der Waals surface area contributed by atoms with E-state index in [-0.39, 0.29) is 23.7 Å². The monoisotopic (exact) mass is 284 g/mol. The van der Waals surface area contributed by atoms with Gasteiger partial charge in [-0.15, -0.1) is 0 Å². The SMILES string of the molecule is Nc1nc2ccc(-c3cc[nH]c3)cn2c1C(=O)[C@@H]1C[C@@H]1F. The molecule has 3 aromatic heterocycles. The Labute approximate surface area is 119 Å². The lowest BCUT2D eigenvalue weighted by molar-refractivity contribution is 0.0952. The molecular weight excluding hydrogens is 271 g/mol. The molecule has 1 fully saturated rings. The van der Waals surface area contributed by atoms with Crippen molar-refractivity contribution < 1.29 is 9.18 Å². The lowest BCUT2D eigenvalue weighted by Gasteiger charge is -2.03. The first-order valence-corrected chi connectivity index (χ1v) is 6.74. The summed E-state index contributed by atoms with van der Waals surface area (Å²) in [4.78, 5) is 19.5. The van der Waals surface area contributed by atoms with Gasteiger partial charge in [-0.2, -0.15) is 0 Å². The average Bonchev–Trinajstić information content (AvgIpc) is 2.91. The van der Waals surface area contributed by atoms with Crippen molar-refractivity contribution >= 4 is 17.2 Å². The van der Waals surface area contributed by atoms with Crippen LogP contribution in [0.15, 0.2) is 36.8 Å². The van der Waals surface area contributed by atoms with Gasteiger partial charge in [-0.1, -0.05) is 0 Å². The van der Waals surface area contributed by atoms with E-state index in [0.717, 1.165) is 11.1 Å². The van der Waals surface area contributed by atoms with Crippen LogP contribution in [0.2, 0.25) is 0 Å². The number of H-pyrrole nitrogens is 1. The highest BCUT2D eigenvalue weighted by atomic mass is 19.1. The Morgan fingerprint density at radius 3 is 2.86 bits per heavy atom. The number of nitrogens with one attached hydrogen (secondary N) is 1. The highest BCUT2D eigenvalue weighted by Crippen LogP contribution is 2.38. The number of fused-ring (bicyclic) bond motifs is 1. The predicted octanol–water partition coefficient (Wildman–Crippen LogP) is 2.45. The standard InChI is InChI=1S/C15H13FN4O/c16-11-5-10(11)14(21)13-15(17)19-12-2-1-9(7-20(12)13)8-3-4-18-6-8/h1-4,6-7,10-11,18H,5,17H2/t10-,11+/m1/s1. The molecule has 1 saturated carbocycles. The largest absolute Gasteiger partial charge is 0.382 e. The van der Waals surface area contributed by atoms with Gasteiger partial charge < -0.3 is 10.7 Å². The normalized spacial score (nSPS) is 20.8. The number of halogens is 1. The summed E-state index contributed by atoms with van der Waals surface area (Å²) in [6.07, 6.45) is 4.73. The van der Waals surface area contributed by atoms with Crippen LogP contribution in [0, 0.1) is 5.92 Å². The fourth-order valence-electron chi connectivity index (χ4n) is 2.59. The quantitative estimate of drug-likeness (QED) is 0.725. The lowest BCUT2D eigenvalue weighted by Crippen LogP contribution is -2.10. The fourth-order valence-corrected chi connectivity index (χ4v) is 2.59. The van der Waals surface area contributed by atoms with Gasteiger partial charge in [0.25, 0.3) is 0 Å². The number of alkyl halides is 1. The highest BCUT2D eigenvalue weighted by molar-refractivity contribution is 6.03. The molecule has 4 rings (SSSR count). The van der Waals surface area contributed by atoms with Gasteiger partial charge in [0.2, 0.25) is 0 Å². The zero-order valence-electron chi connectivity index (χ0n) is 11.1. The summed E-state index contributed by atoms with van der Waals surface area (Å²) in [7, 11) is 0. The smallest absolute Gasteiger partial charge is 0.189 e. The van der Waals surface area contributed by atoms with Crippen molar-refractivity contribution in [3.63, 3.8) is 0 Å². The molecule has 0 unspecified atom stereocenters. The molecule has 0 aromatic carbocycles. The van der Waals surface area contributed by atoms with Gasteiger partial charge in [-0.25, -0.2) is 9.37 Å². The summed E-state index contributed by atoms with van der Waals surface area (Å²) < 4.78 is 14.8. The predicted molar refractivity (Wildman–Crippen MR) is 76.7 cm³/mol. The summed E-state index contributed by atoms with van der Waals surface area (Å²) in [6, 6.07) is 5.64. The minimum Gasteiger partial charge on any atom is -0.382 e. The van der Waals surface area contributed by atoms with E-state index in [1.54, 1.807) is 10.5 Å². The number of pyridine rings is 1. The molecule has 0 amide bonds. The maximum atomic E-state index is 13.2. The first-order valence-electron chi connectivity index (χ1n) is 6.74. The zero-order chi connectivity index (χ0) is 14.6. The van der Waals surface area contributed by atoms with Gasteiger partial charge in [0.15, 0.2) is 11.6 Å². The van der Waals surface area contributed by atoms with Crippen molar-refractivity contribution in [2.75, 3.05) is 5.73 Å². The van der Waals surface area contributed by atoms with Gasteiger partial charge in [-0.3, -0.25) is 9.20 Å². The van der Waals surface area contributed by atoms with Crippen LogP contribution in [-0.2, 0) is 0 Å². The van der Waals surface area contributed by atoms with Crippen LogP contribution in [0.1, 0.15) is 16.9 Å². The number of rotatable bonds is 3. The Kier molecular flexibility index (Phi) is 2.42. The van der Waals surface area contributed by atoms with Gasteiger partial charge in [0.05, 0.1) is 5.92 Å². The van der Waals surface area contributed by atoms with E-state index >= 15 is 0 Å². The molecule has 6 heteroatoms. The van der Waals surface area contributed by atoms with E-state index < -0.39 is 12.1 Å². The van der Waals surface area contributed by atoms with Crippen molar-refractivity contribution in [2.24, 2.45) is 5.92 Å². The van der Waals surface area contributed by atoms with Gasteiger partial charge in [0.1, 0.15) is 17.5 Å². The van der Waals surface area contributed by atoms with Crippen molar-refractivity contribution in [2.45, 2.75) is 12.6 Å². The average molecular weight is 284 g/mol. The molecule has 3 N–H and O–H groups in total. The molecular formula is C15H13FN4O. The molecule has 3 aromatic rings. The number of imidazole rings is 1. The molecule has 3 heterocycles. The Balaban J connectivity index is 1.87. The van der Waals surface area contributed by atoms with Crippen molar-refractivity contribution in [3.8, 4) is 11.1 Å². The van der Waals surface area contributed by atoms with E-state index in [9.17, 15) is 9.18 Å². The number of nitrogens with two attached hydrogens (primary N) is 1. The number of nitrogens with zero attached hydrogens (tertiary/aromatic N) is 2. The Morgan fingerprint density at radius 1 is 1.38 bits per heavy atom. The summed E-state index contributed by atoms with van der Waals surface area (Å²) in [6.45, 7) is 0. The maximum Gasteiger partial charge on any atom is 0.189 e. The number of aromatic amines is 1. The third-order valence-electron chi connectivity index (χ3n) is 3.86. The van der Waals surface area contributed by atoms with E-state index in [1.165, 1.54) is 0 Å². The molecule has 0 aliphatic heterocycles. The number of aromatic nitrogens is 3. The van der Waals surface area contributed by atoms with Crippen LogP contribution in [-0.4, -0.2) is 26.3 Å². The molecule has 2 atom stereocenters. The number of Topliss-reactive ketones (excluding diaryl/α,β-unsaturated/α-hetero) is 1. The molecule has 0 saturated heterocycles. The summed E-state index contributed by atoms with van der Waals surface area (Å²) in [5.41, 5.74) is 8.66. The summed E-state index contributed by atoms with van der Waals surface area (Å²) in [5.74, 6) is -0.674. The molecule has 0 bridgehead atoms. The number of carbonyl (C=O) groups is 1. The third kappa shape index (κ3) is 1.83. The van der Waals surface area contributed by atoms with Gasteiger partial charge in [0, 0.05) is 24.2 Å². The molecule has 1 aliphatic carbocycles. The topological polar surface area (TPSA) is 76.2 Å². The van der Waals surface area contributed by atoms with Crippen molar-refractivity contribution in [3.05, 3.63) is 42.5 Å². The Morgan fingerprint density at radius 2 is 2.19 bits per heavy atom. The van der Waals surface area contributed by atoms with Crippen molar-refractivity contribution in [1.29, 1.82) is 0 Å². The molecule has 21 heavy (non-hydrogen) atoms. The number of ketones is 1. The van der Waals surface area contributed by atoms with E-state index in [2.05, 4.69) is 9.97 Å². The first-order chi connectivity index (χ1) is 10.1. The molecule has 1 aliphatic rings. The summed E-state index contributed by atoms with van der Waals surface area (Å²) >= 11 is 0. The van der Waals surface area contributed by atoms with Crippen LogP contribution in [0.5, 0.6) is 0 Å². The molecule has 0 spiro atoms. The van der Waals surface area contributed by atoms with Gasteiger partial charge >= 0.3 is 0 Å². The van der Waals surface area contributed by atoms with Crippen LogP contribution in [0.25, 0.3) is 16.8 Å². The lowest BCUT2D eigenvalue weighted by atomic mass is 10.1. The second-order valence-corrected chi connectivity index (χ2v) is 5.31. The maximum absolute atomic E-state index is 13.2. The zero-order valence-corrected chi connectivity index (χ0v) is 11.1. The first kappa shape index (κ1) is 12.1.